The lowest BCUT2D eigenvalue weighted by molar-refractivity contribution is 0.103. The summed E-state index contributed by atoms with van der Waals surface area (Å²) in [6.45, 7) is 0.463. The van der Waals surface area contributed by atoms with Crippen molar-refractivity contribution in [3.63, 3.8) is 0 Å². The van der Waals surface area contributed by atoms with Crippen LogP contribution in [0.25, 0.3) is 22.2 Å². The predicted molar refractivity (Wildman–Crippen MR) is 124 cm³/mol. The summed E-state index contributed by atoms with van der Waals surface area (Å²) in [4.78, 5) is 20.4. The molecule has 0 fully saturated rings. The van der Waals surface area contributed by atoms with Crippen LogP contribution < -0.4 is 4.72 Å². The van der Waals surface area contributed by atoms with Crippen molar-refractivity contribution in [2.45, 2.75) is 0 Å². The van der Waals surface area contributed by atoms with Gasteiger partial charge in [0.1, 0.15) is 11.5 Å². The molecule has 2 aromatic heterocycles. The number of hydrogen-bond acceptors (Lipinski definition) is 5. The maximum Gasteiger partial charge on any atom is 0.201 e. The second-order valence-corrected chi connectivity index (χ2v) is 8.22. The third kappa shape index (κ3) is 4.48. The Bertz CT molecular complexity index is 1280. The quantitative estimate of drug-likeness (QED) is 0.184. The molecule has 164 valence electrons. The molecule has 0 unspecified atom stereocenters. The van der Waals surface area contributed by atoms with Crippen LogP contribution >= 0.6 is 23.5 Å². The number of ketones is 1. The van der Waals surface area contributed by atoms with Gasteiger partial charge in [0.05, 0.1) is 17.9 Å². The van der Waals surface area contributed by atoms with Crippen LogP contribution in [0.1, 0.15) is 15.9 Å². The third-order valence-electron chi connectivity index (χ3n) is 4.84. The van der Waals surface area contributed by atoms with Gasteiger partial charge >= 0.3 is 0 Å². The SMILES string of the molecule is COCCSNc1ccc(F)c(C(=O)c2c[nH]c3ncc(-c4ccc(Cl)cc4)cc23)c1F. The second kappa shape index (κ2) is 9.68. The zero-order valence-electron chi connectivity index (χ0n) is 16.9. The number of hydrogen-bond donors (Lipinski definition) is 2. The molecule has 0 saturated carbocycles. The lowest BCUT2D eigenvalue weighted by Gasteiger charge is -2.10. The zero-order chi connectivity index (χ0) is 22.7. The van der Waals surface area contributed by atoms with Crippen molar-refractivity contribution in [3.8, 4) is 11.1 Å². The minimum absolute atomic E-state index is 0.0238. The zero-order valence-corrected chi connectivity index (χ0v) is 18.5. The summed E-state index contributed by atoms with van der Waals surface area (Å²) in [6, 6.07) is 11.2. The first kappa shape index (κ1) is 22.3. The number of pyridine rings is 1. The van der Waals surface area contributed by atoms with Gasteiger partial charge in [0.15, 0.2) is 5.82 Å². The number of nitrogens with zero attached hydrogens (tertiary/aromatic N) is 1. The largest absolute Gasteiger partial charge is 0.384 e. The van der Waals surface area contributed by atoms with Crippen LogP contribution in [0.2, 0.25) is 5.02 Å². The van der Waals surface area contributed by atoms with E-state index in [-0.39, 0.29) is 11.3 Å². The van der Waals surface area contributed by atoms with Crippen LogP contribution in [0.4, 0.5) is 14.5 Å². The molecule has 0 saturated heterocycles. The number of benzene rings is 2. The van der Waals surface area contributed by atoms with E-state index in [4.69, 9.17) is 16.3 Å². The van der Waals surface area contributed by atoms with Gasteiger partial charge in [0.25, 0.3) is 0 Å². The summed E-state index contributed by atoms with van der Waals surface area (Å²) in [6.07, 6.45) is 3.07. The lowest BCUT2D eigenvalue weighted by Crippen LogP contribution is -2.09. The summed E-state index contributed by atoms with van der Waals surface area (Å²) < 4.78 is 37.3. The molecule has 2 aromatic carbocycles. The van der Waals surface area contributed by atoms with Gasteiger partial charge in [0, 0.05) is 46.8 Å². The summed E-state index contributed by atoms with van der Waals surface area (Å²) in [5, 5.41) is 1.06. The Morgan fingerprint density at radius 1 is 1.19 bits per heavy atom. The number of aromatic amines is 1. The summed E-state index contributed by atoms with van der Waals surface area (Å²) >= 11 is 7.15. The van der Waals surface area contributed by atoms with E-state index in [2.05, 4.69) is 14.7 Å². The molecule has 0 radical (unpaired) electrons. The van der Waals surface area contributed by atoms with Crippen molar-refractivity contribution in [1.82, 2.24) is 9.97 Å². The number of H-pyrrole nitrogens is 1. The first-order chi connectivity index (χ1) is 15.5. The molecule has 2 N–H and O–H groups in total. The highest BCUT2D eigenvalue weighted by Crippen LogP contribution is 2.30. The van der Waals surface area contributed by atoms with E-state index in [1.54, 1.807) is 31.5 Å². The number of methoxy groups -OCH3 is 1. The van der Waals surface area contributed by atoms with Gasteiger partial charge in [-0.25, -0.2) is 13.8 Å². The highest BCUT2D eigenvalue weighted by Gasteiger charge is 2.24. The Morgan fingerprint density at radius 3 is 2.72 bits per heavy atom. The number of ether oxygens (including phenoxy) is 1. The Hall–Kier alpha value is -2.94. The number of aromatic nitrogens is 2. The van der Waals surface area contributed by atoms with Crippen molar-refractivity contribution in [1.29, 1.82) is 0 Å². The molecule has 0 aliphatic carbocycles. The second-order valence-electron chi connectivity index (χ2n) is 6.89. The fourth-order valence-electron chi connectivity index (χ4n) is 3.22. The monoisotopic (exact) mass is 473 g/mol. The van der Waals surface area contributed by atoms with Gasteiger partial charge in [-0.2, -0.15) is 0 Å². The molecular weight excluding hydrogens is 456 g/mol. The number of rotatable bonds is 8. The smallest absolute Gasteiger partial charge is 0.201 e. The molecule has 0 atom stereocenters. The molecule has 0 aliphatic rings. The van der Waals surface area contributed by atoms with E-state index in [0.29, 0.717) is 28.4 Å². The topological polar surface area (TPSA) is 67.0 Å². The molecule has 32 heavy (non-hydrogen) atoms. The first-order valence-electron chi connectivity index (χ1n) is 9.62. The Morgan fingerprint density at radius 2 is 1.97 bits per heavy atom. The molecule has 0 spiro atoms. The van der Waals surface area contributed by atoms with E-state index < -0.39 is 23.0 Å². The molecule has 4 aromatic rings. The minimum atomic E-state index is -0.948. The van der Waals surface area contributed by atoms with Crippen LogP contribution in [0.3, 0.4) is 0 Å². The van der Waals surface area contributed by atoms with E-state index in [1.165, 1.54) is 24.2 Å². The Kier molecular flexibility index (Phi) is 6.74. The fraction of sp³-hybridized carbons (Fsp3) is 0.130. The van der Waals surface area contributed by atoms with Gasteiger partial charge in [-0.1, -0.05) is 35.7 Å². The Labute approximate surface area is 192 Å². The van der Waals surface area contributed by atoms with Gasteiger partial charge in [0.2, 0.25) is 5.78 Å². The summed E-state index contributed by atoms with van der Waals surface area (Å²) in [5.41, 5.74) is 1.56. The van der Waals surface area contributed by atoms with Gasteiger partial charge in [-0.15, -0.1) is 0 Å². The molecule has 5 nitrogen and oxygen atoms in total. The summed E-state index contributed by atoms with van der Waals surface area (Å²) in [7, 11) is 1.56. The number of fused-ring (bicyclic) bond motifs is 1. The van der Waals surface area contributed by atoms with Crippen LogP contribution in [0.5, 0.6) is 0 Å². The maximum absolute atomic E-state index is 15.1. The molecule has 0 amide bonds. The van der Waals surface area contributed by atoms with Crippen LogP contribution in [-0.4, -0.2) is 35.2 Å². The first-order valence-corrected chi connectivity index (χ1v) is 11.0. The molecule has 4 rings (SSSR count). The van der Waals surface area contributed by atoms with Crippen molar-refractivity contribution < 1.29 is 18.3 Å². The van der Waals surface area contributed by atoms with Crippen LogP contribution in [-0.2, 0) is 4.74 Å². The number of anilines is 1. The standard InChI is InChI=1S/C23H18ClF2N3O2S/c1-31-8-9-32-29-19-7-6-18(25)20(21(19)26)22(30)17-12-28-23-16(17)10-14(11-27-23)13-2-4-15(24)5-3-13/h2-7,10-12,29H,8-9H2,1H3,(H,27,28). The minimum Gasteiger partial charge on any atom is -0.384 e. The number of carbonyl (C=O) groups is 1. The van der Waals surface area contributed by atoms with Gasteiger partial charge < -0.3 is 14.4 Å². The predicted octanol–water partition coefficient (Wildman–Crippen LogP) is 6.10. The number of nitrogens with one attached hydrogen (secondary N) is 2. The number of carbonyl (C=O) groups excluding carboxylic acids is 1. The molecule has 2 heterocycles. The molecule has 0 bridgehead atoms. The molecular formula is C23H18ClF2N3O2S. The molecule has 0 aliphatic heterocycles. The van der Waals surface area contributed by atoms with Crippen LogP contribution in [0.15, 0.2) is 54.9 Å². The average Bonchev–Trinajstić information content (AvgIpc) is 3.22. The Balaban J connectivity index is 1.71. The highest BCUT2D eigenvalue weighted by atomic mass is 35.5. The lowest BCUT2D eigenvalue weighted by atomic mass is 10.00. The normalized spacial score (nSPS) is 11.1. The number of halogens is 3. The van der Waals surface area contributed by atoms with Crippen molar-refractivity contribution in [3.05, 3.63) is 82.6 Å². The fourth-order valence-corrected chi connectivity index (χ4v) is 4.01. The van der Waals surface area contributed by atoms with Gasteiger partial charge in [-0.05, 0) is 35.9 Å². The van der Waals surface area contributed by atoms with E-state index in [0.717, 1.165) is 17.2 Å². The van der Waals surface area contributed by atoms with E-state index >= 15 is 4.39 Å². The van der Waals surface area contributed by atoms with E-state index in [9.17, 15) is 9.18 Å². The third-order valence-corrected chi connectivity index (χ3v) is 5.83. The van der Waals surface area contributed by atoms with Crippen molar-refractivity contribution >= 4 is 46.1 Å². The average molecular weight is 474 g/mol. The van der Waals surface area contributed by atoms with Crippen molar-refractivity contribution in [2.75, 3.05) is 24.2 Å². The summed E-state index contributed by atoms with van der Waals surface area (Å²) in [5.74, 6) is -2.10. The highest BCUT2D eigenvalue weighted by molar-refractivity contribution is 8.00. The van der Waals surface area contributed by atoms with E-state index in [1.807, 2.05) is 12.1 Å². The van der Waals surface area contributed by atoms with Gasteiger partial charge in [-0.3, -0.25) is 4.79 Å². The van der Waals surface area contributed by atoms with Crippen molar-refractivity contribution in [2.24, 2.45) is 0 Å². The molecule has 9 heteroatoms. The van der Waals surface area contributed by atoms with Crippen LogP contribution in [0, 0.1) is 11.6 Å². The maximum atomic E-state index is 15.1.